The number of amides is 2. The average Bonchev–Trinajstić information content (AvgIpc) is 2.69. The van der Waals surface area contributed by atoms with Crippen LogP contribution in [-0.4, -0.2) is 49.6 Å². The van der Waals surface area contributed by atoms with Gasteiger partial charge in [-0.15, -0.1) is 0 Å². The number of benzene rings is 2. The van der Waals surface area contributed by atoms with Gasteiger partial charge in [-0.25, -0.2) is 0 Å². The maximum Gasteiger partial charge on any atom is 0.255 e. The molecule has 0 atom stereocenters. The van der Waals surface area contributed by atoms with Gasteiger partial charge in [0.1, 0.15) is 0 Å². The van der Waals surface area contributed by atoms with E-state index in [-0.39, 0.29) is 11.8 Å². The summed E-state index contributed by atoms with van der Waals surface area (Å²) in [4.78, 5) is 26.7. The zero-order valence-corrected chi connectivity index (χ0v) is 16.5. The lowest BCUT2D eigenvalue weighted by molar-refractivity contribution is -0.118. The van der Waals surface area contributed by atoms with E-state index >= 15 is 0 Å². The van der Waals surface area contributed by atoms with Crippen LogP contribution >= 0.6 is 0 Å². The van der Waals surface area contributed by atoms with Gasteiger partial charge in [0.15, 0.2) is 0 Å². The van der Waals surface area contributed by atoms with Gasteiger partial charge in [0.25, 0.3) is 5.91 Å². The number of hydrogen-bond acceptors (Lipinski definition) is 4. The highest BCUT2D eigenvalue weighted by molar-refractivity contribution is 6.04. The van der Waals surface area contributed by atoms with Gasteiger partial charge >= 0.3 is 0 Å². The Bertz CT molecular complexity index is 839. The Kier molecular flexibility index (Phi) is 6.22. The Balaban J connectivity index is 1.28. The molecule has 2 aliphatic rings. The summed E-state index contributed by atoms with van der Waals surface area (Å²) < 4.78 is 5.29. The minimum Gasteiger partial charge on any atom is -0.379 e. The number of carbonyl (C=O) groups excluding carboxylic acids is 2. The van der Waals surface area contributed by atoms with E-state index in [1.807, 2.05) is 12.1 Å². The quantitative estimate of drug-likeness (QED) is 0.788. The maximum atomic E-state index is 12.5. The Morgan fingerprint density at radius 2 is 1.52 bits per heavy atom. The standard InChI is InChI=1S/C23H27N3O3/c27-22(16-26-12-14-29-15-13-26)24-20-8-10-21(11-9-20)25-23(28)19-6-4-18(5-7-19)17-2-1-3-17/h4-11,17H,1-3,12-16H2,(H,24,27)(H,25,28). The van der Waals surface area contributed by atoms with Crippen molar-refractivity contribution in [3.63, 3.8) is 0 Å². The Hall–Kier alpha value is -2.70. The minimum atomic E-state index is -0.130. The van der Waals surface area contributed by atoms with Crippen molar-refractivity contribution in [2.24, 2.45) is 0 Å². The zero-order chi connectivity index (χ0) is 20.1. The lowest BCUT2D eigenvalue weighted by Crippen LogP contribution is -2.41. The number of nitrogens with zero attached hydrogens (tertiary/aromatic N) is 1. The highest BCUT2D eigenvalue weighted by Gasteiger charge is 2.19. The fourth-order valence-electron chi connectivity index (χ4n) is 3.65. The monoisotopic (exact) mass is 393 g/mol. The Morgan fingerprint density at radius 3 is 2.10 bits per heavy atom. The van der Waals surface area contributed by atoms with E-state index in [1.54, 1.807) is 24.3 Å². The molecule has 1 aliphatic carbocycles. The zero-order valence-electron chi connectivity index (χ0n) is 16.5. The molecular formula is C23H27N3O3. The van der Waals surface area contributed by atoms with Crippen molar-refractivity contribution >= 4 is 23.2 Å². The summed E-state index contributed by atoms with van der Waals surface area (Å²) in [6.07, 6.45) is 3.80. The number of hydrogen-bond donors (Lipinski definition) is 2. The van der Waals surface area contributed by atoms with E-state index < -0.39 is 0 Å². The van der Waals surface area contributed by atoms with Crippen molar-refractivity contribution in [1.82, 2.24) is 4.90 Å². The van der Waals surface area contributed by atoms with Crippen LogP contribution < -0.4 is 10.6 Å². The van der Waals surface area contributed by atoms with Gasteiger partial charge in [0.2, 0.25) is 5.91 Å². The molecule has 0 spiro atoms. The summed E-state index contributed by atoms with van der Waals surface area (Å²) in [6, 6.07) is 15.1. The third-order valence-corrected chi connectivity index (χ3v) is 5.65. The molecular weight excluding hydrogens is 366 g/mol. The van der Waals surface area contributed by atoms with Gasteiger partial charge in [-0.1, -0.05) is 18.6 Å². The molecule has 2 fully saturated rings. The van der Waals surface area contributed by atoms with Gasteiger partial charge in [-0.3, -0.25) is 14.5 Å². The highest BCUT2D eigenvalue weighted by atomic mass is 16.5. The van der Waals surface area contributed by atoms with Crippen molar-refractivity contribution in [2.45, 2.75) is 25.2 Å². The lowest BCUT2D eigenvalue weighted by atomic mass is 9.80. The molecule has 2 aromatic carbocycles. The molecule has 0 radical (unpaired) electrons. The van der Waals surface area contributed by atoms with Gasteiger partial charge in [0.05, 0.1) is 19.8 Å². The first-order valence-electron chi connectivity index (χ1n) is 10.3. The fraction of sp³-hybridized carbons (Fsp3) is 0.391. The normalized spacial score (nSPS) is 17.4. The molecule has 1 heterocycles. The Labute approximate surface area is 171 Å². The number of rotatable bonds is 6. The molecule has 1 saturated heterocycles. The van der Waals surface area contributed by atoms with E-state index in [0.29, 0.717) is 42.6 Å². The predicted octanol–water partition coefficient (Wildman–Crippen LogP) is 3.48. The van der Waals surface area contributed by atoms with E-state index in [0.717, 1.165) is 13.1 Å². The largest absolute Gasteiger partial charge is 0.379 e. The summed E-state index contributed by atoms with van der Waals surface area (Å²) >= 11 is 0. The number of carbonyl (C=O) groups is 2. The first-order chi connectivity index (χ1) is 14.2. The number of morpholine rings is 1. The molecule has 0 unspecified atom stereocenters. The highest BCUT2D eigenvalue weighted by Crippen LogP contribution is 2.36. The van der Waals surface area contributed by atoms with Crippen LogP contribution in [-0.2, 0) is 9.53 Å². The molecule has 6 heteroatoms. The van der Waals surface area contributed by atoms with Crippen LogP contribution in [0.15, 0.2) is 48.5 Å². The SMILES string of the molecule is O=C(CN1CCOCC1)Nc1ccc(NC(=O)c2ccc(C3CCC3)cc2)cc1. The molecule has 2 aromatic rings. The number of anilines is 2. The first-order valence-corrected chi connectivity index (χ1v) is 10.3. The molecule has 1 saturated carbocycles. The summed E-state index contributed by atoms with van der Waals surface area (Å²) in [5.41, 5.74) is 3.39. The van der Waals surface area contributed by atoms with E-state index in [9.17, 15) is 9.59 Å². The molecule has 4 rings (SSSR count). The van der Waals surface area contributed by atoms with E-state index in [1.165, 1.54) is 24.8 Å². The van der Waals surface area contributed by atoms with Crippen LogP contribution in [0, 0.1) is 0 Å². The third kappa shape index (κ3) is 5.22. The molecule has 0 aromatic heterocycles. The third-order valence-electron chi connectivity index (χ3n) is 5.65. The van der Waals surface area contributed by atoms with Gasteiger partial charge in [-0.05, 0) is 60.7 Å². The second kappa shape index (κ2) is 9.20. The van der Waals surface area contributed by atoms with E-state index in [2.05, 4.69) is 27.7 Å². The molecule has 0 bridgehead atoms. The predicted molar refractivity (Wildman–Crippen MR) is 113 cm³/mol. The second-order valence-electron chi connectivity index (χ2n) is 7.72. The lowest BCUT2D eigenvalue weighted by Gasteiger charge is -2.25. The average molecular weight is 393 g/mol. The van der Waals surface area contributed by atoms with Crippen molar-refractivity contribution in [3.05, 3.63) is 59.7 Å². The second-order valence-corrected chi connectivity index (χ2v) is 7.72. The number of nitrogens with one attached hydrogen (secondary N) is 2. The van der Waals surface area contributed by atoms with Crippen molar-refractivity contribution in [2.75, 3.05) is 43.5 Å². The van der Waals surface area contributed by atoms with Gasteiger partial charge < -0.3 is 15.4 Å². The van der Waals surface area contributed by atoms with Gasteiger partial charge in [0, 0.05) is 30.0 Å². The smallest absolute Gasteiger partial charge is 0.255 e. The molecule has 6 nitrogen and oxygen atoms in total. The molecule has 1 aliphatic heterocycles. The maximum absolute atomic E-state index is 12.5. The van der Waals surface area contributed by atoms with Crippen LogP contribution in [0.5, 0.6) is 0 Å². The van der Waals surface area contributed by atoms with Crippen molar-refractivity contribution < 1.29 is 14.3 Å². The van der Waals surface area contributed by atoms with Crippen molar-refractivity contribution in [3.8, 4) is 0 Å². The van der Waals surface area contributed by atoms with Crippen LogP contribution in [0.2, 0.25) is 0 Å². The van der Waals surface area contributed by atoms with Crippen LogP contribution in [0.25, 0.3) is 0 Å². The van der Waals surface area contributed by atoms with Crippen LogP contribution in [0.4, 0.5) is 11.4 Å². The summed E-state index contributed by atoms with van der Waals surface area (Å²) in [7, 11) is 0. The van der Waals surface area contributed by atoms with Crippen LogP contribution in [0.3, 0.4) is 0 Å². The fourth-order valence-corrected chi connectivity index (χ4v) is 3.65. The molecule has 2 N–H and O–H groups in total. The summed E-state index contributed by atoms with van der Waals surface area (Å²) in [5, 5.41) is 5.80. The van der Waals surface area contributed by atoms with Crippen molar-refractivity contribution in [1.29, 1.82) is 0 Å². The summed E-state index contributed by atoms with van der Waals surface area (Å²) in [6.45, 7) is 3.26. The molecule has 152 valence electrons. The summed E-state index contributed by atoms with van der Waals surface area (Å²) in [5.74, 6) is 0.489. The molecule has 29 heavy (non-hydrogen) atoms. The van der Waals surface area contributed by atoms with Crippen LogP contribution in [0.1, 0.15) is 41.1 Å². The topological polar surface area (TPSA) is 70.7 Å². The first kappa shape index (κ1) is 19.6. The van der Waals surface area contributed by atoms with E-state index in [4.69, 9.17) is 4.74 Å². The Morgan fingerprint density at radius 1 is 0.897 bits per heavy atom. The minimum absolute atomic E-state index is 0.0461. The van der Waals surface area contributed by atoms with Gasteiger partial charge in [-0.2, -0.15) is 0 Å². The molecule has 2 amide bonds. The number of ether oxygens (including phenoxy) is 1.